The molecule has 0 aliphatic carbocycles. The summed E-state index contributed by atoms with van der Waals surface area (Å²) in [6.45, 7) is 17.3. The maximum absolute atomic E-state index is 6.94. The summed E-state index contributed by atoms with van der Waals surface area (Å²) in [6, 6.07) is 8.36. The van der Waals surface area contributed by atoms with Crippen LogP contribution in [0.15, 0.2) is 65.1 Å². The van der Waals surface area contributed by atoms with Crippen LogP contribution in [0.5, 0.6) is 34.5 Å². The van der Waals surface area contributed by atoms with Gasteiger partial charge in [0.1, 0.15) is 0 Å². The summed E-state index contributed by atoms with van der Waals surface area (Å²) in [6.07, 6.45) is 77.8. The molecule has 2 aromatic carbocycles. The molecule has 13 heteroatoms. The molecule has 0 bridgehead atoms. The van der Waals surface area contributed by atoms with Crippen LogP contribution in [-0.4, -0.2) is 68.0 Å². The van der Waals surface area contributed by atoms with Gasteiger partial charge in [-0.2, -0.15) is 9.98 Å². The Morgan fingerprint density at radius 2 is 0.476 bits per heavy atom. The van der Waals surface area contributed by atoms with Crippen molar-refractivity contribution in [1.29, 1.82) is 0 Å². The fraction of sp³-hybridized carbons (Fsp3) is 0.783. The first kappa shape index (κ1) is 91.8. The van der Waals surface area contributed by atoms with Gasteiger partial charge in [-0.3, -0.25) is 0 Å². The Kier molecular flexibility index (Phi) is 54.9. The number of ether oxygens (including phenoxy) is 6. The minimum absolute atomic E-state index is 0.459. The van der Waals surface area contributed by atoms with Gasteiger partial charge in [-0.05, 0) is 101 Å². The van der Waals surface area contributed by atoms with E-state index in [1.807, 2.05) is 11.0 Å². The lowest BCUT2D eigenvalue weighted by Gasteiger charge is -2.34. The Morgan fingerprint density at radius 3 is 0.724 bits per heavy atom. The second-order valence-corrected chi connectivity index (χ2v) is 32.7. The molecular formula is C92H155Br2N5O6. The van der Waals surface area contributed by atoms with Crippen molar-refractivity contribution in [2.75, 3.05) is 39.6 Å². The number of amidine groups is 3. The SMILES string of the molecule is CCCCCCCCCCCCOc1cc(C2=NC3=NC(c4cc(OCCCCCCCCCCCC)c(OCCCCCCCCCCCC)c(OCCCCCCCCCCCC)c4)=NC4=C(Br)C=C(Br)C(=N2)N34)cc(OCCCCCCCCCCCC)c1OCCCCCCCCCCCC. The van der Waals surface area contributed by atoms with Gasteiger partial charge in [-0.25, -0.2) is 14.9 Å². The highest BCUT2D eigenvalue weighted by atomic mass is 79.9. The predicted octanol–water partition coefficient (Wildman–Crippen LogP) is 30.6. The van der Waals surface area contributed by atoms with Crippen molar-refractivity contribution in [3.63, 3.8) is 0 Å². The molecule has 0 spiro atoms. The predicted molar refractivity (Wildman–Crippen MR) is 460 cm³/mol. The van der Waals surface area contributed by atoms with Gasteiger partial charge in [0.05, 0.1) is 48.6 Å². The number of nitrogens with zero attached hydrogens (tertiary/aromatic N) is 5. The molecule has 2 aromatic rings. The van der Waals surface area contributed by atoms with E-state index in [4.69, 9.17) is 48.4 Å². The van der Waals surface area contributed by atoms with Crippen LogP contribution in [0, 0.1) is 0 Å². The van der Waals surface area contributed by atoms with E-state index < -0.39 is 0 Å². The monoisotopic (exact) mass is 1580 g/mol. The number of benzene rings is 2. The van der Waals surface area contributed by atoms with Crippen LogP contribution in [0.25, 0.3) is 0 Å². The molecule has 3 aliphatic heterocycles. The van der Waals surface area contributed by atoms with E-state index >= 15 is 0 Å². The number of aliphatic imine (C=N–C) groups is 4. The van der Waals surface area contributed by atoms with Crippen LogP contribution in [0.2, 0.25) is 0 Å². The number of hydrogen-bond donors (Lipinski definition) is 0. The quantitative estimate of drug-likeness (QED) is 0.0607. The maximum atomic E-state index is 6.94. The fourth-order valence-electron chi connectivity index (χ4n) is 14.5. The molecule has 3 aliphatic rings. The first-order chi connectivity index (χ1) is 51.9. The molecule has 0 N–H and O–H groups in total. The second kappa shape index (κ2) is 62.9. The van der Waals surface area contributed by atoms with Crippen LogP contribution < -0.4 is 28.4 Å². The maximum Gasteiger partial charge on any atom is 0.241 e. The van der Waals surface area contributed by atoms with Crippen LogP contribution in [0.3, 0.4) is 0 Å². The molecule has 105 heavy (non-hydrogen) atoms. The summed E-state index contributed by atoms with van der Waals surface area (Å²) < 4.78 is 43.2. The van der Waals surface area contributed by atoms with Crippen molar-refractivity contribution in [3.8, 4) is 34.5 Å². The average Bonchev–Trinajstić information content (AvgIpc) is 0.741. The highest BCUT2D eigenvalue weighted by Gasteiger charge is 2.37. The largest absolute Gasteiger partial charge is 0.490 e. The minimum Gasteiger partial charge on any atom is -0.490 e. The Bertz CT molecular complexity index is 2630. The molecule has 0 radical (unpaired) electrons. The lowest BCUT2D eigenvalue weighted by molar-refractivity contribution is 0.234. The number of rotatable bonds is 74. The molecule has 5 rings (SSSR count). The van der Waals surface area contributed by atoms with Crippen molar-refractivity contribution in [2.45, 2.75) is 427 Å². The summed E-state index contributed by atoms with van der Waals surface area (Å²) in [5, 5.41) is 0. The normalized spacial score (nSPS) is 13.4. The third-order valence-corrected chi connectivity index (χ3v) is 22.4. The van der Waals surface area contributed by atoms with E-state index in [-0.39, 0.29) is 0 Å². The zero-order chi connectivity index (χ0) is 74.5. The molecule has 0 atom stereocenters. The van der Waals surface area contributed by atoms with Crippen LogP contribution in [-0.2, 0) is 0 Å². The Balaban J connectivity index is 1.51. The van der Waals surface area contributed by atoms with Gasteiger partial charge in [-0.15, -0.1) is 0 Å². The summed E-state index contributed by atoms with van der Waals surface area (Å²) in [5.41, 5.74) is 1.56. The van der Waals surface area contributed by atoms with Gasteiger partial charge in [0.15, 0.2) is 46.3 Å². The highest BCUT2D eigenvalue weighted by Crippen LogP contribution is 2.44. The van der Waals surface area contributed by atoms with Gasteiger partial charge in [-0.1, -0.05) is 388 Å². The average molecular weight is 1590 g/mol. The van der Waals surface area contributed by atoms with Crippen LogP contribution in [0.4, 0.5) is 0 Å². The number of guanidine groups is 1. The van der Waals surface area contributed by atoms with Gasteiger partial charge < -0.3 is 28.4 Å². The van der Waals surface area contributed by atoms with Gasteiger partial charge in [0, 0.05) is 11.1 Å². The zero-order valence-corrected chi connectivity index (χ0v) is 71.7. The fourth-order valence-corrected chi connectivity index (χ4v) is 15.8. The van der Waals surface area contributed by atoms with E-state index in [9.17, 15) is 0 Å². The zero-order valence-electron chi connectivity index (χ0n) is 68.5. The first-order valence-electron chi connectivity index (χ1n) is 44.9. The number of halogens is 2. The van der Waals surface area contributed by atoms with Crippen molar-refractivity contribution in [1.82, 2.24) is 4.90 Å². The smallest absolute Gasteiger partial charge is 0.241 e. The molecule has 0 unspecified atom stereocenters. The van der Waals surface area contributed by atoms with Gasteiger partial charge in [0.2, 0.25) is 17.5 Å². The molecule has 0 fully saturated rings. The Labute approximate surface area is 661 Å². The minimum atomic E-state index is 0.459. The summed E-state index contributed by atoms with van der Waals surface area (Å²) in [7, 11) is 0. The molecule has 0 amide bonds. The lowest BCUT2D eigenvalue weighted by Crippen LogP contribution is -2.43. The van der Waals surface area contributed by atoms with Crippen molar-refractivity contribution >= 4 is 55.3 Å². The molecule has 0 aromatic heterocycles. The molecule has 598 valence electrons. The summed E-state index contributed by atoms with van der Waals surface area (Å²) >= 11 is 7.90. The first-order valence-corrected chi connectivity index (χ1v) is 46.5. The van der Waals surface area contributed by atoms with Gasteiger partial charge in [0.25, 0.3) is 0 Å². The summed E-state index contributed by atoms with van der Waals surface area (Å²) in [5.74, 6) is 6.87. The third-order valence-electron chi connectivity index (χ3n) is 21.2. The molecule has 3 heterocycles. The number of hydrogen-bond acceptors (Lipinski definition) is 11. The molecular weight excluding hydrogens is 1430 g/mol. The van der Waals surface area contributed by atoms with Crippen molar-refractivity contribution in [2.24, 2.45) is 20.0 Å². The number of unbranched alkanes of at least 4 members (excludes halogenated alkanes) is 54. The van der Waals surface area contributed by atoms with E-state index in [0.29, 0.717) is 103 Å². The van der Waals surface area contributed by atoms with E-state index in [2.05, 4.69) is 97.7 Å². The van der Waals surface area contributed by atoms with Crippen molar-refractivity contribution in [3.05, 3.63) is 56.3 Å². The summed E-state index contributed by atoms with van der Waals surface area (Å²) in [4.78, 5) is 23.5. The third kappa shape index (κ3) is 40.6. The second-order valence-electron chi connectivity index (χ2n) is 31.0. The standard InChI is InChI=1S/C92H155Br2N5O6/c1-7-13-19-25-31-37-43-49-55-61-67-100-82-73-78(74-83(101-68-62-56-50-44-38-32-26-20-14-8-2)86(82)104-71-65-59-53-47-41-35-29-23-17-11-5)88-95-90-80(93)77-81(94)91-96-89(98-92(97-88)99(90)91)79-75-84(102-69-63-57-51-45-39-33-27-21-15-9-3)87(105-72-66-60-54-48-42-36-30-24-18-12-6)85(76-79)103-70-64-58-52-46-40-34-28-22-16-10-4/h73-77H,7-72H2,1-6H3. The molecule has 0 saturated heterocycles. The van der Waals surface area contributed by atoms with E-state index in [1.54, 1.807) is 0 Å². The number of allylic oxidation sites excluding steroid dienone is 2. The molecule has 11 nitrogen and oxygen atoms in total. The van der Waals surface area contributed by atoms with Gasteiger partial charge >= 0.3 is 0 Å². The topological polar surface area (TPSA) is 108 Å². The van der Waals surface area contributed by atoms with E-state index in [1.165, 1.54) is 308 Å². The Hall–Kier alpha value is -3.84. The molecule has 0 saturated carbocycles. The highest BCUT2D eigenvalue weighted by molar-refractivity contribution is 9.12. The van der Waals surface area contributed by atoms with Crippen molar-refractivity contribution < 1.29 is 28.4 Å². The van der Waals surface area contributed by atoms with Crippen LogP contribution in [0.1, 0.15) is 438 Å². The lowest BCUT2D eigenvalue weighted by atomic mass is 10.1. The van der Waals surface area contributed by atoms with Crippen LogP contribution >= 0.6 is 31.9 Å². The Morgan fingerprint density at radius 1 is 0.257 bits per heavy atom. The van der Waals surface area contributed by atoms with E-state index in [0.717, 1.165) is 97.1 Å².